The van der Waals surface area contributed by atoms with Crippen molar-refractivity contribution in [3.8, 4) is 56.2 Å². The maximum Gasteiger partial charge on any atom is 0.160 e. The summed E-state index contributed by atoms with van der Waals surface area (Å²) < 4.78 is 6.27. The highest BCUT2D eigenvalue weighted by Crippen LogP contribution is 2.39. The van der Waals surface area contributed by atoms with Crippen LogP contribution >= 0.6 is 0 Å². The number of hydrogen-bond donors (Lipinski definition) is 0. The first-order valence-corrected chi connectivity index (χ1v) is 16.5. The molecule has 0 aliphatic rings. The minimum Gasteiger partial charge on any atom is -0.456 e. The van der Waals surface area contributed by atoms with Crippen molar-refractivity contribution in [3.63, 3.8) is 0 Å². The van der Waals surface area contributed by atoms with Crippen LogP contribution in [0.5, 0.6) is 0 Å². The monoisotopic (exact) mass is 620 g/mol. The standard InChI is InChI=1S/C45H36N2O/c1-29-38(30-13-7-5-8-14-30)25-34(26-39(29)31-19-22-35(23-20-31)45(2,3)4)44-46-40(32-15-9-6-10-16-32)28-41(47-44)33-21-24-37-36-17-11-12-18-42(36)48-43(37)27-33/h5-28H,1-4H3. The molecular formula is C45H36N2O. The number of hydrogen-bond acceptors (Lipinski definition) is 3. The van der Waals surface area contributed by atoms with Gasteiger partial charge in [0, 0.05) is 27.5 Å². The third kappa shape index (κ3) is 5.48. The van der Waals surface area contributed by atoms with Gasteiger partial charge in [-0.05, 0) is 82.1 Å². The van der Waals surface area contributed by atoms with E-state index in [9.17, 15) is 0 Å². The number of benzene rings is 6. The van der Waals surface area contributed by atoms with E-state index < -0.39 is 0 Å². The predicted molar refractivity (Wildman–Crippen MR) is 200 cm³/mol. The highest BCUT2D eigenvalue weighted by atomic mass is 16.3. The van der Waals surface area contributed by atoms with E-state index in [-0.39, 0.29) is 5.41 Å². The molecule has 3 heteroatoms. The quantitative estimate of drug-likeness (QED) is 0.192. The summed E-state index contributed by atoms with van der Waals surface area (Å²) in [5, 5.41) is 2.21. The summed E-state index contributed by atoms with van der Waals surface area (Å²) >= 11 is 0. The fourth-order valence-corrected chi connectivity index (χ4v) is 6.58. The van der Waals surface area contributed by atoms with Gasteiger partial charge in [0.05, 0.1) is 11.4 Å². The third-order valence-corrected chi connectivity index (χ3v) is 9.28. The number of furan rings is 1. The maximum atomic E-state index is 6.27. The van der Waals surface area contributed by atoms with Crippen molar-refractivity contribution in [2.45, 2.75) is 33.1 Å². The predicted octanol–water partition coefficient (Wildman–Crippen LogP) is 12.3. The smallest absolute Gasteiger partial charge is 0.160 e. The van der Waals surface area contributed by atoms with Crippen molar-refractivity contribution in [2.24, 2.45) is 0 Å². The van der Waals surface area contributed by atoms with Gasteiger partial charge in [-0.3, -0.25) is 0 Å². The van der Waals surface area contributed by atoms with E-state index >= 15 is 0 Å². The molecule has 0 aliphatic carbocycles. The highest BCUT2D eigenvalue weighted by molar-refractivity contribution is 6.05. The minimum atomic E-state index is 0.0815. The zero-order valence-corrected chi connectivity index (χ0v) is 27.7. The lowest BCUT2D eigenvalue weighted by molar-refractivity contribution is 0.590. The SMILES string of the molecule is Cc1c(-c2ccccc2)cc(-c2nc(-c3ccccc3)cc(-c3ccc4c(c3)oc3ccccc34)n2)cc1-c1ccc(C(C)(C)C)cc1. The molecule has 0 fully saturated rings. The second-order valence-corrected chi connectivity index (χ2v) is 13.5. The Balaban J connectivity index is 1.34. The average molecular weight is 621 g/mol. The Morgan fingerprint density at radius 2 is 1.00 bits per heavy atom. The van der Waals surface area contributed by atoms with Gasteiger partial charge in [0.25, 0.3) is 0 Å². The molecule has 0 spiro atoms. The van der Waals surface area contributed by atoms with Gasteiger partial charge < -0.3 is 4.42 Å². The summed E-state index contributed by atoms with van der Waals surface area (Å²) in [6, 6.07) is 51.1. The van der Waals surface area contributed by atoms with Gasteiger partial charge in [0.15, 0.2) is 5.82 Å². The molecule has 0 atom stereocenters. The van der Waals surface area contributed by atoms with E-state index in [4.69, 9.17) is 14.4 Å². The molecule has 6 aromatic carbocycles. The largest absolute Gasteiger partial charge is 0.456 e. The minimum absolute atomic E-state index is 0.0815. The van der Waals surface area contributed by atoms with Crippen molar-refractivity contribution < 1.29 is 4.42 Å². The van der Waals surface area contributed by atoms with Crippen LogP contribution in [-0.2, 0) is 5.41 Å². The van der Waals surface area contributed by atoms with Crippen LogP contribution in [0.25, 0.3) is 78.1 Å². The Morgan fingerprint density at radius 1 is 0.458 bits per heavy atom. The summed E-state index contributed by atoms with van der Waals surface area (Å²) in [5.74, 6) is 0.681. The molecule has 0 aliphatic heterocycles. The Bertz CT molecular complexity index is 2420. The summed E-state index contributed by atoms with van der Waals surface area (Å²) in [6.07, 6.45) is 0. The lowest BCUT2D eigenvalue weighted by atomic mass is 9.85. The zero-order chi connectivity index (χ0) is 32.8. The maximum absolute atomic E-state index is 6.27. The van der Waals surface area contributed by atoms with Crippen molar-refractivity contribution in [1.82, 2.24) is 9.97 Å². The molecule has 0 saturated carbocycles. The Hall–Kier alpha value is -5.80. The highest BCUT2D eigenvalue weighted by Gasteiger charge is 2.18. The van der Waals surface area contributed by atoms with E-state index in [0.29, 0.717) is 5.82 Å². The number of aromatic nitrogens is 2. The Labute approximate surface area is 281 Å². The number of rotatable bonds is 5. The molecule has 8 aromatic rings. The molecule has 48 heavy (non-hydrogen) atoms. The Morgan fingerprint density at radius 3 is 1.67 bits per heavy atom. The summed E-state index contributed by atoms with van der Waals surface area (Å²) in [5.41, 5.74) is 13.7. The van der Waals surface area contributed by atoms with Crippen LogP contribution in [0.3, 0.4) is 0 Å². The van der Waals surface area contributed by atoms with Gasteiger partial charge in [0.2, 0.25) is 0 Å². The Kier molecular flexibility index (Phi) is 7.26. The van der Waals surface area contributed by atoms with Gasteiger partial charge in [-0.15, -0.1) is 0 Å². The molecular weight excluding hydrogens is 585 g/mol. The van der Waals surface area contributed by atoms with Crippen LogP contribution in [0.4, 0.5) is 0 Å². The van der Waals surface area contributed by atoms with E-state index in [1.54, 1.807) is 0 Å². The van der Waals surface area contributed by atoms with Crippen LogP contribution in [0, 0.1) is 6.92 Å². The summed E-state index contributed by atoms with van der Waals surface area (Å²) in [7, 11) is 0. The van der Waals surface area contributed by atoms with Crippen LogP contribution < -0.4 is 0 Å². The molecule has 0 saturated heterocycles. The fourth-order valence-electron chi connectivity index (χ4n) is 6.58. The molecule has 0 N–H and O–H groups in total. The topological polar surface area (TPSA) is 38.9 Å². The van der Waals surface area contributed by atoms with E-state index in [1.165, 1.54) is 33.4 Å². The first-order valence-electron chi connectivity index (χ1n) is 16.5. The molecule has 8 rings (SSSR count). The first-order chi connectivity index (χ1) is 23.3. The molecule has 232 valence electrons. The van der Waals surface area contributed by atoms with Gasteiger partial charge in [-0.25, -0.2) is 9.97 Å². The second-order valence-electron chi connectivity index (χ2n) is 13.5. The van der Waals surface area contributed by atoms with Crippen molar-refractivity contribution in [3.05, 3.63) is 157 Å². The molecule has 3 nitrogen and oxygen atoms in total. The first kappa shape index (κ1) is 29.6. The van der Waals surface area contributed by atoms with Gasteiger partial charge >= 0.3 is 0 Å². The lowest BCUT2D eigenvalue weighted by Gasteiger charge is -2.20. The van der Waals surface area contributed by atoms with E-state index in [2.05, 4.69) is 149 Å². The second kappa shape index (κ2) is 11.8. The molecule has 2 aromatic heterocycles. The van der Waals surface area contributed by atoms with Crippen molar-refractivity contribution >= 4 is 21.9 Å². The molecule has 2 heterocycles. The summed E-state index contributed by atoms with van der Waals surface area (Å²) in [4.78, 5) is 10.5. The number of fused-ring (bicyclic) bond motifs is 3. The normalized spacial score (nSPS) is 11.8. The van der Waals surface area contributed by atoms with E-state index in [0.717, 1.165) is 50.0 Å². The van der Waals surface area contributed by atoms with Crippen LogP contribution in [0.15, 0.2) is 150 Å². The van der Waals surface area contributed by atoms with Gasteiger partial charge in [-0.2, -0.15) is 0 Å². The molecule has 0 bridgehead atoms. The van der Waals surface area contributed by atoms with Crippen LogP contribution in [0.2, 0.25) is 0 Å². The number of para-hydroxylation sites is 1. The molecule has 0 radical (unpaired) electrons. The van der Waals surface area contributed by atoms with Crippen molar-refractivity contribution in [2.75, 3.05) is 0 Å². The average Bonchev–Trinajstić information content (AvgIpc) is 3.50. The zero-order valence-electron chi connectivity index (χ0n) is 27.7. The lowest BCUT2D eigenvalue weighted by Crippen LogP contribution is -2.10. The van der Waals surface area contributed by atoms with Gasteiger partial charge in [0.1, 0.15) is 11.2 Å². The van der Waals surface area contributed by atoms with Crippen LogP contribution in [-0.4, -0.2) is 9.97 Å². The fraction of sp³-hybridized carbons (Fsp3) is 0.111. The third-order valence-electron chi connectivity index (χ3n) is 9.28. The molecule has 0 unspecified atom stereocenters. The van der Waals surface area contributed by atoms with Crippen LogP contribution in [0.1, 0.15) is 31.9 Å². The molecule has 0 amide bonds. The summed E-state index contributed by atoms with van der Waals surface area (Å²) in [6.45, 7) is 8.97. The van der Waals surface area contributed by atoms with Crippen molar-refractivity contribution in [1.29, 1.82) is 0 Å². The van der Waals surface area contributed by atoms with Gasteiger partial charge in [-0.1, -0.05) is 130 Å². The van der Waals surface area contributed by atoms with E-state index in [1.807, 2.05) is 24.3 Å². The number of nitrogens with zero attached hydrogens (tertiary/aromatic N) is 2.